The first-order valence-electron chi connectivity index (χ1n) is 5.98. The van der Waals surface area contributed by atoms with Crippen molar-refractivity contribution >= 4 is 5.84 Å². The van der Waals surface area contributed by atoms with Crippen LogP contribution in [0, 0.1) is 0 Å². The fourth-order valence-corrected chi connectivity index (χ4v) is 2.08. The van der Waals surface area contributed by atoms with Gasteiger partial charge in [0.25, 0.3) is 0 Å². The Morgan fingerprint density at radius 3 is 2.53 bits per heavy atom. The first kappa shape index (κ1) is 11.9. The lowest BCUT2D eigenvalue weighted by Gasteiger charge is -2.34. The largest absolute Gasteiger partial charge is 0.409 e. The van der Waals surface area contributed by atoms with E-state index in [0.29, 0.717) is 0 Å². The standard InChI is InChI=1S/C13H19N3O/c1-16(12-3-2-4-12)9-10-5-7-11(8-6-10)13(14)15-17/h5-8,12,17H,2-4,9H2,1H3,(H2,14,15). The zero-order valence-corrected chi connectivity index (χ0v) is 10.1. The molecule has 0 heterocycles. The van der Waals surface area contributed by atoms with Gasteiger partial charge in [0.05, 0.1) is 0 Å². The molecule has 0 amide bonds. The number of nitrogens with zero attached hydrogens (tertiary/aromatic N) is 2. The molecule has 0 spiro atoms. The summed E-state index contributed by atoms with van der Waals surface area (Å²) >= 11 is 0. The van der Waals surface area contributed by atoms with Gasteiger partial charge in [0.2, 0.25) is 0 Å². The molecular weight excluding hydrogens is 214 g/mol. The van der Waals surface area contributed by atoms with Crippen molar-refractivity contribution in [2.45, 2.75) is 31.8 Å². The zero-order chi connectivity index (χ0) is 12.3. The number of amidine groups is 1. The van der Waals surface area contributed by atoms with Crippen LogP contribution in [0.1, 0.15) is 30.4 Å². The Balaban J connectivity index is 1.97. The van der Waals surface area contributed by atoms with Gasteiger partial charge in [-0.1, -0.05) is 35.8 Å². The first-order chi connectivity index (χ1) is 8.20. The van der Waals surface area contributed by atoms with E-state index in [-0.39, 0.29) is 5.84 Å². The lowest BCUT2D eigenvalue weighted by Crippen LogP contribution is -2.36. The van der Waals surface area contributed by atoms with Crippen LogP contribution < -0.4 is 5.73 Å². The van der Waals surface area contributed by atoms with Gasteiger partial charge >= 0.3 is 0 Å². The van der Waals surface area contributed by atoms with Gasteiger partial charge in [-0.25, -0.2) is 0 Å². The predicted octanol–water partition coefficient (Wildman–Crippen LogP) is 1.77. The highest BCUT2D eigenvalue weighted by Gasteiger charge is 2.21. The maximum atomic E-state index is 8.57. The minimum Gasteiger partial charge on any atom is -0.409 e. The molecular formula is C13H19N3O. The van der Waals surface area contributed by atoms with Gasteiger partial charge < -0.3 is 10.9 Å². The molecule has 1 saturated carbocycles. The Morgan fingerprint density at radius 1 is 1.41 bits per heavy atom. The highest BCUT2D eigenvalue weighted by Crippen LogP contribution is 2.24. The minimum absolute atomic E-state index is 0.156. The summed E-state index contributed by atoms with van der Waals surface area (Å²) in [6.45, 7) is 0.959. The topological polar surface area (TPSA) is 61.8 Å². The normalized spacial score (nSPS) is 17.2. The van der Waals surface area contributed by atoms with Crippen LogP contribution in [0.4, 0.5) is 0 Å². The highest BCUT2D eigenvalue weighted by atomic mass is 16.4. The Kier molecular flexibility index (Phi) is 3.64. The molecule has 1 aromatic carbocycles. The summed E-state index contributed by atoms with van der Waals surface area (Å²) < 4.78 is 0. The fourth-order valence-electron chi connectivity index (χ4n) is 2.08. The quantitative estimate of drug-likeness (QED) is 0.360. The van der Waals surface area contributed by atoms with E-state index in [9.17, 15) is 0 Å². The smallest absolute Gasteiger partial charge is 0.170 e. The minimum atomic E-state index is 0.156. The number of hydrogen-bond donors (Lipinski definition) is 2. The van der Waals surface area contributed by atoms with Gasteiger partial charge in [-0.3, -0.25) is 4.90 Å². The average molecular weight is 233 g/mol. The van der Waals surface area contributed by atoms with E-state index < -0.39 is 0 Å². The van der Waals surface area contributed by atoms with Crippen molar-refractivity contribution in [1.29, 1.82) is 0 Å². The molecule has 0 saturated heterocycles. The SMILES string of the molecule is CN(Cc1ccc(/C(N)=N/O)cc1)C1CCC1. The number of benzene rings is 1. The monoisotopic (exact) mass is 233 g/mol. The Bertz CT molecular complexity index is 396. The Morgan fingerprint density at radius 2 is 2.06 bits per heavy atom. The van der Waals surface area contributed by atoms with E-state index in [1.807, 2.05) is 24.3 Å². The van der Waals surface area contributed by atoms with Crippen molar-refractivity contribution in [1.82, 2.24) is 4.90 Å². The van der Waals surface area contributed by atoms with Crippen molar-refractivity contribution < 1.29 is 5.21 Å². The maximum absolute atomic E-state index is 8.57. The van der Waals surface area contributed by atoms with Crippen LogP contribution in [0.3, 0.4) is 0 Å². The van der Waals surface area contributed by atoms with Crippen molar-refractivity contribution in [2.24, 2.45) is 10.9 Å². The van der Waals surface area contributed by atoms with Crippen LogP contribution >= 0.6 is 0 Å². The van der Waals surface area contributed by atoms with Gasteiger partial charge in [0, 0.05) is 18.2 Å². The van der Waals surface area contributed by atoms with E-state index in [1.54, 1.807) is 0 Å². The molecule has 0 aliphatic heterocycles. The van der Waals surface area contributed by atoms with Crippen molar-refractivity contribution in [2.75, 3.05) is 7.05 Å². The van der Waals surface area contributed by atoms with Crippen LogP contribution in [0.15, 0.2) is 29.4 Å². The molecule has 17 heavy (non-hydrogen) atoms. The molecule has 1 aromatic rings. The van der Waals surface area contributed by atoms with Crippen molar-refractivity contribution in [3.05, 3.63) is 35.4 Å². The van der Waals surface area contributed by atoms with Crippen LogP contribution in [0.2, 0.25) is 0 Å². The van der Waals surface area contributed by atoms with Crippen LogP contribution in [0.25, 0.3) is 0 Å². The van der Waals surface area contributed by atoms with Crippen LogP contribution in [-0.4, -0.2) is 29.0 Å². The molecule has 1 aliphatic rings. The predicted molar refractivity (Wildman–Crippen MR) is 68.1 cm³/mol. The van der Waals surface area contributed by atoms with Crippen LogP contribution in [-0.2, 0) is 6.54 Å². The molecule has 0 unspecified atom stereocenters. The average Bonchev–Trinajstić information content (AvgIpc) is 2.26. The van der Waals surface area contributed by atoms with E-state index in [2.05, 4.69) is 17.1 Å². The summed E-state index contributed by atoms with van der Waals surface area (Å²) in [7, 11) is 2.17. The lowest BCUT2D eigenvalue weighted by molar-refractivity contribution is 0.152. The van der Waals surface area contributed by atoms with E-state index in [4.69, 9.17) is 10.9 Å². The fraction of sp³-hybridized carbons (Fsp3) is 0.462. The third-order valence-corrected chi connectivity index (χ3v) is 3.49. The van der Waals surface area contributed by atoms with Crippen molar-refractivity contribution in [3.63, 3.8) is 0 Å². The van der Waals surface area contributed by atoms with Crippen LogP contribution in [0.5, 0.6) is 0 Å². The molecule has 3 N–H and O–H groups in total. The number of oxime groups is 1. The van der Waals surface area contributed by atoms with E-state index >= 15 is 0 Å². The summed E-state index contributed by atoms with van der Waals surface area (Å²) in [5, 5.41) is 11.6. The maximum Gasteiger partial charge on any atom is 0.170 e. The number of nitrogens with two attached hydrogens (primary N) is 1. The van der Waals surface area contributed by atoms with Gasteiger partial charge in [-0.05, 0) is 25.5 Å². The summed E-state index contributed by atoms with van der Waals surface area (Å²) in [4.78, 5) is 2.39. The molecule has 2 rings (SSSR count). The third kappa shape index (κ3) is 2.77. The molecule has 4 heteroatoms. The first-order valence-corrected chi connectivity index (χ1v) is 5.98. The number of hydrogen-bond acceptors (Lipinski definition) is 3. The highest BCUT2D eigenvalue weighted by molar-refractivity contribution is 5.96. The van der Waals surface area contributed by atoms with E-state index in [0.717, 1.165) is 18.2 Å². The summed E-state index contributed by atoms with van der Waals surface area (Å²) in [6.07, 6.45) is 3.99. The van der Waals surface area contributed by atoms with E-state index in [1.165, 1.54) is 24.8 Å². The molecule has 0 bridgehead atoms. The molecule has 4 nitrogen and oxygen atoms in total. The zero-order valence-electron chi connectivity index (χ0n) is 10.1. The molecule has 92 valence electrons. The van der Waals surface area contributed by atoms with Gasteiger partial charge in [0.1, 0.15) is 0 Å². The second-order valence-corrected chi connectivity index (χ2v) is 4.68. The van der Waals surface area contributed by atoms with Gasteiger partial charge in [-0.15, -0.1) is 0 Å². The second-order valence-electron chi connectivity index (χ2n) is 4.68. The molecule has 1 fully saturated rings. The molecule has 1 aliphatic carbocycles. The number of rotatable bonds is 4. The Hall–Kier alpha value is -1.55. The Labute approximate surface area is 102 Å². The summed E-state index contributed by atoms with van der Waals surface area (Å²) in [5.74, 6) is 0.156. The molecule has 0 atom stereocenters. The van der Waals surface area contributed by atoms with Gasteiger partial charge in [-0.2, -0.15) is 0 Å². The lowest BCUT2D eigenvalue weighted by atomic mass is 9.91. The second kappa shape index (κ2) is 5.19. The summed E-state index contributed by atoms with van der Waals surface area (Å²) in [5.41, 5.74) is 7.52. The molecule has 0 radical (unpaired) electrons. The van der Waals surface area contributed by atoms with Gasteiger partial charge in [0.15, 0.2) is 5.84 Å². The van der Waals surface area contributed by atoms with Crippen molar-refractivity contribution in [3.8, 4) is 0 Å². The third-order valence-electron chi connectivity index (χ3n) is 3.49. The summed E-state index contributed by atoms with van der Waals surface area (Å²) in [6, 6.07) is 8.59. The molecule has 0 aromatic heterocycles.